The van der Waals surface area contributed by atoms with Crippen molar-refractivity contribution in [1.29, 1.82) is 0 Å². The van der Waals surface area contributed by atoms with E-state index in [1.807, 2.05) is 12.1 Å². The van der Waals surface area contributed by atoms with Gasteiger partial charge in [-0.1, -0.05) is 17.7 Å². The molecule has 0 bridgehead atoms. The number of hydrogen-bond donors (Lipinski definition) is 2. The van der Waals surface area contributed by atoms with Crippen LogP contribution in [0, 0.1) is 0 Å². The van der Waals surface area contributed by atoms with Crippen LogP contribution in [-0.4, -0.2) is 23.7 Å². The minimum atomic E-state index is -0.188. The highest BCUT2D eigenvalue weighted by Gasteiger charge is 2.14. The number of ether oxygens (including phenoxy) is 3. The second-order valence-corrected chi connectivity index (χ2v) is 7.57. The normalized spacial score (nSPS) is 12.3. The van der Waals surface area contributed by atoms with Gasteiger partial charge in [0.05, 0.1) is 11.3 Å². The number of halogens is 1. The number of amides is 1. The summed E-state index contributed by atoms with van der Waals surface area (Å²) in [7, 11) is 0. The molecule has 1 aliphatic heterocycles. The molecule has 8 heteroatoms. The summed E-state index contributed by atoms with van der Waals surface area (Å²) in [4.78, 5) is 12.9. The predicted octanol–water partition coefficient (Wildman–Crippen LogP) is 5.65. The molecule has 0 spiro atoms. The van der Waals surface area contributed by atoms with Gasteiger partial charge in [0.1, 0.15) is 24.7 Å². The summed E-state index contributed by atoms with van der Waals surface area (Å²) in [5, 5.41) is 3.44. The van der Waals surface area contributed by atoms with Crippen LogP contribution in [0.15, 0.2) is 65.6 Å². The van der Waals surface area contributed by atoms with Crippen LogP contribution in [0.4, 0.5) is 5.69 Å². The Kier molecular flexibility index (Phi) is 6.32. The lowest BCUT2D eigenvalue weighted by Crippen LogP contribution is -2.17. The Hall–Kier alpha value is -2.87. The summed E-state index contributed by atoms with van der Waals surface area (Å²) in [5.74, 6) is 2.20. The molecule has 0 saturated heterocycles. The molecule has 154 valence electrons. The smallest absolute Gasteiger partial charge is 0.228 e. The van der Waals surface area contributed by atoms with Crippen LogP contribution in [-0.2, 0) is 11.2 Å². The van der Waals surface area contributed by atoms with Gasteiger partial charge in [0.15, 0.2) is 11.5 Å². The summed E-state index contributed by atoms with van der Waals surface area (Å²) in [6.07, 6.45) is 0.182. The van der Waals surface area contributed by atoms with Crippen LogP contribution in [0.3, 0.4) is 0 Å². The Morgan fingerprint density at radius 3 is 2.57 bits per heavy atom. The van der Waals surface area contributed by atoms with Crippen molar-refractivity contribution >= 4 is 35.2 Å². The zero-order valence-corrected chi connectivity index (χ0v) is 17.3. The standard InChI is InChI=1S/C22H18ClNO5S/c23-15-2-5-17(6-3-15)29-19-8-4-16(13-21(19)30-26)24-22(25)12-14-1-7-18-20(11-14)28-10-9-27-18/h1-8,11,13,26H,9-10,12H2,(H,24,25). The van der Waals surface area contributed by atoms with Crippen molar-refractivity contribution < 1.29 is 23.6 Å². The van der Waals surface area contributed by atoms with Gasteiger partial charge in [-0.05, 0) is 60.2 Å². The quantitative estimate of drug-likeness (QED) is 0.479. The Morgan fingerprint density at radius 2 is 1.80 bits per heavy atom. The molecule has 0 atom stereocenters. The largest absolute Gasteiger partial charge is 0.486 e. The molecule has 1 amide bonds. The number of benzene rings is 3. The van der Waals surface area contributed by atoms with E-state index >= 15 is 0 Å². The lowest BCUT2D eigenvalue weighted by atomic mass is 10.1. The second kappa shape index (κ2) is 9.30. The monoisotopic (exact) mass is 443 g/mol. The molecule has 3 aromatic rings. The highest BCUT2D eigenvalue weighted by atomic mass is 35.5. The number of anilines is 1. The molecule has 0 fully saturated rings. The lowest BCUT2D eigenvalue weighted by Gasteiger charge is -2.18. The van der Waals surface area contributed by atoms with Crippen LogP contribution in [0.5, 0.6) is 23.0 Å². The van der Waals surface area contributed by atoms with Gasteiger partial charge in [-0.3, -0.25) is 4.79 Å². The Labute approximate surface area is 182 Å². The number of nitrogens with one attached hydrogen (secondary N) is 1. The molecular formula is C22H18ClNO5S. The molecule has 0 aromatic heterocycles. The molecule has 0 saturated carbocycles. The first-order valence-electron chi connectivity index (χ1n) is 9.18. The summed E-state index contributed by atoms with van der Waals surface area (Å²) in [5.41, 5.74) is 1.37. The van der Waals surface area contributed by atoms with Crippen molar-refractivity contribution in [2.24, 2.45) is 0 Å². The number of carbonyl (C=O) groups excluding carboxylic acids is 1. The van der Waals surface area contributed by atoms with Gasteiger partial charge in [0.2, 0.25) is 5.91 Å². The van der Waals surface area contributed by atoms with Crippen LogP contribution in [0.25, 0.3) is 0 Å². The Morgan fingerprint density at radius 1 is 1.03 bits per heavy atom. The van der Waals surface area contributed by atoms with Crippen molar-refractivity contribution in [2.75, 3.05) is 18.5 Å². The molecular weight excluding hydrogens is 426 g/mol. The second-order valence-electron chi connectivity index (χ2n) is 6.51. The summed E-state index contributed by atoms with van der Waals surface area (Å²) >= 11 is 6.43. The van der Waals surface area contributed by atoms with Gasteiger partial charge < -0.3 is 24.1 Å². The Bertz CT molecular complexity index is 1060. The SMILES string of the molecule is O=C(Cc1ccc2c(c1)OCCO2)Nc1ccc(Oc2ccc(Cl)cc2)c(SO)c1. The molecule has 30 heavy (non-hydrogen) atoms. The number of carbonyl (C=O) groups is 1. The highest BCUT2D eigenvalue weighted by Crippen LogP contribution is 2.34. The Balaban J connectivity index is 1.42. The van der Waals surface area contributed by atoms with E-state index in [-0.39, 0.29) is 12.3 Å². The highest BCUT2D eigenvalue weighted by molar-refractivity contribution is 7.93. The van der Waals surface area contributed by atoms with E-state index in [1.54, 1.807) is 48.5 Å². The first kappa shape index (κ1) is 20.4. The zero-order chi connectivity index (χ0) is 20.9. The van der Waals surface area contributed by atoms with Gasteiger partial charge >= 0.3 is 0 Å². The van der Waals surface area contributed by atoms with Crippen molar-refractivity contribution in [3.63, 3.8) is 0 Å². The van der Waals surface area contributed by atoms with Crippen LogP contribution in [0.2, 0.25) is 5.02 Å². The minimum Gasteiger partial charge on any atom is -0.486 e. The summed E-state index contributed by atoms with van der Waals surface area (Å²) in [6, 6.07) is 17.4. The van der Waals surface area contributed by atoms with Crippen molar-refractivity contribution in [3.05, 3.63) is 71.2 Å². The van der Waals surface area contributed by atoms with E-state index in [0.717, 1.165) is 5.56 Å². The third-order valence-electron chi connectivity index (χ3n) is 4.34. The predicted molar refractivity (Wildman–Crippen MR) is 116 cm³/mol. The van der Waals surface area contributed by atoms with Crippen LogP contribution >= 0.6 is 23.6 Å². The van der Waals surface area contributed by atoms with Crippen molar-refractivity contribution in [2.45, 2.75) is 11.3 Å². The average Bonchev–Trinajstić information content (AvgIpc) is 2.76. The average molecular weight is 444 g/mol. The maximum Gasteiger partial charge on any atom is 0.228 e. The molecule has 0 unspecified atom stereocenters. The van der Waals surface area contributed by atoms with Gasteiger partial charge in [-0.25, -0.2) is 0 Å². The molecule has 6 nitrogen and oxygen atoms in total. The molecule has 3 aromatic carbocycles. The fourth-order valence-corrected chi connectivity index (χ4v) is 3.46. The van der Waals surface area contributed by atoms with E-state index in [2.05, 4.69) is 5.32 Å². The molecule has 0 radical (unpaired) electrons. The zero-order valence-electron chi connectivity index (χ0n) is 15.8. The molecule has 4 rings (SSSR count). The van der Waals surface area contributed by atoms with Crippen LogP contribution in [0.1, 0.15) is 5.56 Å². The third kappa shape index (κ3) is 4.99. The van der Waals surface area contributed by atoms with Crippen LogP contribution < -0.4 is 19.5 Å². The molecule has 2 N–H and O–H groups in total. The first-order chi connectivity index (χ1) is 14.6. The molecule has 1 heterocycles. The lowest BCUT2D eigenvalue weighted by molar-refractivity contribution is -0.115. The summed E-state index contributed by atoms with van der Waals surface area (Å²) in [6.45, 7) is 1.02. The third-order valence-corrected chi connectivity index (χ3v) is 5.11. The van der Waals surface area contributed by atoms with Gasteiger partial charge in [-0.15, -0.1) is 0 Å². The van der Waals surface area contributed by atoms with Gasteiger partial charge in [0.25, 0.3) is 0 Å². The molecule has 0 aliphatic carbocycles. The maximum atomic E-state index is 12.5. The minimum absolute atomic E-state index is 0.182. The molecule has 1 aliphatic rings. The topological polar surface area (TPSA) is 77.0 Å². The van der Waals surface area contributed by atoms with E-state index in [4.69, 9.17) is 25.8 Å². The maximum absolute atomic E-state index is 12.5. The van der Waals surface area contributed by atoms with E-state index in [0.29, 0.717) is 63.9 Å². The van der Waals surface area contributed by atoms with Gasteiger partial charge in [-0.2, -0.15) is 0 Å². The number of fused-ring (bicyclic) bond motifs is 1. The first-order valence-corrected chi connectivity index (χ1v) is 10.3. The van der Waals surface area contributed by atoms with Crippen molar-refractivity contribution in [1.82, 2.24) is 0 Å². The van der Waals surface area contributed by atoms with Gasteiger partial charge in [0, 0.05) is 22.8 Å². The summed E-state index contributed by atoms with van der Waals surface area (Å²) < 4.78 is 26.5. The number of rotatable bonds is 6. The fraction of sp³-hybridized carbons (Fsp3) is 0.136. The fourth-order valence-electron chi connectivity index (χ4n) is 2.96. The van der Waals surface area contributed by atoms with E-state index in [9.17, 15) is 9.35 Å². The van der Waals surface area contributed by atoms with E-state index < -0.39 is 0 Å². The van der Waals surface area contributed by atoms with Crippen molar-refractivity contribution in [3.8, 4) is 23.0 Å². The van der Waals surface area contributed by atoms with E-state index in [1.165, 1.54) is 0 Å². The number of hydrogen-bond acceptors (Lipinski definition) is 6.